The van der Waals surface area contributed by atoms with E-state index in [-0.39, 0.29) is 6.04 Å². The maximum Gasteiger partial charge on any atom is 0.0897 e. The molecule has 96 valence electrons. The quantitative estimate of drug-likeness (QED) is 0.899. The molecule has 2 aromatic rings. The minimum absolute atomic E-state index is 0.0893. The highest BCUT2D eigenvalue weighted by atomic mass is 32.1. The molecule has 0 amide bonds. The van der Waals surface area contributed by atoms with Crippen LogP contribution < -0.4 is 5.73 Å². The predicted octanol–water partition coefficient (Wildman–Crippen LogP) is 2.52. The number of rotatable bonds is 5. The second-order valence-electron chi connectivity index (χ2n) is 4.54. The molecule has 0 spiro atoms. The number of hydrogen-bond acceptors (Lipinski definition) is 4. The van der Waals surface area contributed by atoms with Crippen molar-refractivity contribution in [1.29, 1.82) is 0 Å². The molecule has 18 heavy (non-hydrogen) atoms. The number of nitrogens with two attached hydrogens (primary N) is 1. The number of hydrogen-bond donors (Lipinski definition) is 1. The molecule has 1 atom stereocenters. The average Bonchev–Trinajstić information content (AvgIpc) is 2.75. The van der Waals surface area contributed by atoms with Crippen molar-refractivity contribution in [3.05, 3.63) is 45.7 Å². The van der Waals surface area contributed by atoms with Gasteiger partial charge in [0.05, 0.1) is 10.7 Å². The van der Waals surface area contributed by atoms with E-state index in [0.717, 1.165) is 35.7 Å². The van der Waals surface area contributed by atoms with Gasteiger partial charge in [0.1, 0.15) is 0 Å². The largest absolute Gasteiger partial charge is 0.327 e. The second kappa shape index (κ2) is 6.07. The van der Waals surface area contributed by atoms with Crippen molar-refractivity contribution in [2.45, 2.75) is 39.2 Å². The van der Waals surface area contributed by atoms with Crippen LogP contribution in [0.3, 0.4) is 0 Å². The van der Waals surface area contributed by atoms with Gasteiger partial charge in [0.15, 0.2) is 0 Å². The molecule has 0 fully saturated rings. The van der Waals surface area contributed by atoms with E-state index in [1.54, 1.807) is 11.3 Å². The van der Waals surface area contributed by atoms with Gasteiger partial charge in [0.25, 0.3) is 0 Å². The number of aryl methyl sites for hydroxylation is 2. The van der Waals surface area contributed by atoms with E-state index in [4.69, 9.17) is 5.73 Å². The van der Waals surface area contributed by atoms with Crippen molar-refractivity contribution in [1.82, 2.24) is 9.97 Å². The van der Waals surface area contributed by atoms with Crippen LogP contribution in [-0.4, -0.2) is 16.0 Å². The molecule has 3 nitrogen and oxygen atoms in total. The van der Waals surface area contributed by atoms with E-state index in [2.05, 4.69) is 34.4 Å². The number of thiazole rings is 1. The van der Waals surface area contributed by atoms with Gasteiger partial charge < -0.3 is 5.73 Å². The van der Waals surface area contributed by atoms with Crippen molar-refractivity contribution in [3.63, 3.8) is 0 Å². The molecule has 2 heterocycles. The van der Waals surface area contributed by atoms with Crippen molar-refractivity contribution in [3.8, 4) is 0 Å². The molecule has 2 aromatic heterocycles. The van der Waals surface area contributed by atoms with Crippen LogP contribution in [0, 0.1) is 6.92 Å². The van der Waals surface area contributed by atoms with Crippen LogP contribution in [0.25, 0.3) is 0 Å². The van der Waals surface area contributed by atoms with Crippen molar-refractivity contribution in [2.24, 2.45) is 5.73 Å². The van der Waals surface area contributed by atoms with Crippen molar-refractivity contribution < 1.29 is 0 Å². The fraction of sp³-hybridized carbons (Fsp3) is 0.429. The zero-order valence-electron chi connectivity index (χ0n) is 10.9. The molecule has 0 aliphatic carbocycles. The second-order valence-corrected chi connectivity index (χ2v) is 5.60. The maximum absolute atomic E-state index is 6.14. The Labute approximate surface area is 112 Å². The zero-order chi connectivity index (χ0) is 13.0. The van der Waals surface area contributed by atoms with Crippen LogP contribution in [0.1, 0.15) is 28.9 Å². The van der Waals surface area contributed by atoms with Crippen molar-refractivity contribution in [2.75, 3.05) is 0 Å². The number of aromatic nitrogens is 2. The fourth-order valence-electron chi connectivity index (χ4n) is 1.90. The zero-order valence-corrected chi connectivity index (χ0v) is 11.7. The summed E-state index contributed by atoms with van der Waals surface area (Å²) in [7, 11) is 0. The molecule has 0 saturated heterocycles. The fourth-order valence-corrected chi connectivity index (χ4v) is 2.52. The van der Waals surface area contributed by atoms with Crippen molar-refractivity contribution >= 4 is 11.3 Å². The predicted molar refractivity (Wildman–Crippen MR) is 75.8 cm³/mol. The molecule has 0 saturated carbocycles. The molecule has 4 heteroatoms. The third kappa shape index (κ3) is 3.62. The minimum Gasteiger partial charge on any atom is -0.327 e. The molecule has 0 aliphatic rings. The van der Waals surface area contributed by atoms with Gasteiger partial charge in [-0.05, 0) is 25.0 Å². The maximum atomic E-state index is 6.14. The lowest BCUT2D eigenvalue weighted by atomic mass is 10.1. The lowest BCUT2D eigenvalue weighted by Crippen LogP contribution is -2.26. The molecule has 2 rings (SSSR count). The first-order valence-electron chi connectivity index (χ1n) is 6.27. The molecule has 0 radical (unpaired) electrons. The first-order chi connectivity index (χ1) is 8.67. The Hall–Kier alpha value is -1.26. The van der Waals surface area contributed by atoms with Gasteiger partial charge in [-0.1, -0.05) is 13.0 Å². The minimum atomic E-state index is 0.0893. The molecule has 2 N–H and O–H groups in total. The summed E-state index contributed by atoms with van der Waals surface area (Å²) in [5, 5.41) is 3.19. The van der Waals surface area contributed by atoms with Crippen LogP contribution >= 0.6 is 11.3 Å². The molecule has 1 unspecified atom stereocenters. The Morgan fingerprint density at radius 1 is 1.28 bits per heavy atom. The molecule has 0 bridgehead atoms. The molecule has 0 aliphatic heterocycles. The van der Waals surface area contributed by atoms with Crippen LogP contribution in [0.15, 0.2) is 23.7 Å². The average molecular weight is 261 g/mol. The Morgan fingerprint density at radius 3 is 2.61 bits per heavy atom. The summed E-state index contributed by atoms with van der Waals surface area (Å²) in [6, 6.07) is 4.29. The first kappa shape index (κ1) is 13.2. The van der Waals surface area contributed by atoms with Crippen LogP contribution in [0.2, 0.25) is 0 Å². The van der Waals surface area contributed by atoms with Gasteiger partial charge in [-0.2, -0.15) is 0 Å². The molecular weight excluding hydrogens is 242 g/mol. The topological polar surface area (TPSA) is 51.8 Å². The van der Waals surface area contributed by atoms with Gasteiger partial charge in [-0.25, -0.2) is 4.98 Å². The van der Waals surface area contributed by atoms with E-state index in [9.17, 15) is 0 Å². The third-order valence-corrected chi connectivity index (χ3v) is 3.73. The normalized spacial score (nSPS) is 12.6. The Balaban J connectivity index is 1.91. The smallest absolute Gasteiger partial charge is 0.0897 e. The van der Waals surface area contributed by atoms with Crippen LogP contribution in [0.5, 0.6) is 0 Å². The summed E-state index contributed by atoms with van der Waals surface area (Å²) in [5.74, 6) is 0. The SMILES string of the molecule is CCc1ccc(CC(N)Cc2csc(C)n2)nc1. The van der Waals surface area contributed by atoms with Gasteiger partial charge in [-0.15, -0.1) is 11.3 Å². The van der Waals surface area contributed by atoms with E-state index in [1.807, 2.05) is 13.1 Å². The first-order valence-corrected chi connectivity index (χ1v) is 7.15. The van der Waals surface area contributed by atoms with E-state index >= 15 is 0 Å². The summed E-state index contributed by atoms with van der Waals surface area (Å²) in [5.41, 5.74) is 9.56. The molecular formula is C14H19N3S. The van der Waals surface area contributed by atoms with Crippen LogP contribution in [0.4, 0.5) is 0 Å². The summed E-state index contributed by atoms with van der Waals surface area (Å²) in [4.78, 5) is 8.88. The third-order valence-electron chi connectivity index (χ3n) is 2.90. The van der Waals surface area contributed by atoms with E-state index < -0.39 is 0 Å². The summed E-state index contributed by atoms with van der Waals surface area (Å²) < 4.78 is 0. The summed E-state index contributed by atoms with van der Waals surface area (Å²) in [6.07, 6.45) is 4.59. The highest BCUT2D eigenvalue weighted by molar-refractivity contribution is 7.09. The highest BCUT2D eigenvalue weighted by Crippen LogP contribution is 2.11. The summed E-state index contributed by atoms with van der Waals surface area (Å²) >= 11 is 1.68. The highest BCUT2D eigenvalue weighted by Gasteiger charge is 2.08. The van der Waals surface area contributed by atoms with Crippen LogP contribution in [-0.2, 0) is 19.3 Å². The molecule has 0 aromatic carbocycles. The Kier molecular flexibility index (Phi) is 4.44. The van der Waals surface area contributed by atoms with Gasteiger partial charge in [-0.3, -0.25) is 4.98 Å². The van der Waals surface area contributed by atoms with E-state index in [0.29, 0.717) is 0 Å². The monoisotopic (exact) mass is 261 g/mol. The van der Waals surface area contributed by atoms with E-state index in [1.165, 1.54) is 5.56 Å². The number of pyridine rings is 1. The summed E-state index contributed by atoms with van der Waals surface area (Å²) in [6.45, 7) is 4.15. The standard InChI is InChI=1S/C14H19N3S/c1-3-11-4-5-13(16-8-11)6-12(15)7-14-9-18-10(2)17-14/h4-5,8-9,12H,3,6-7,15H2,1-2H3. The van der Waals surface area contributed by atoms with Gasteiger partial charge in [0.2, 0.25) is 0 Å². The van der Waals surface area contributed by atoms with Gasteiger partial charge >= 0.3 is 0 Å². The number of nitrogens with zero attached hydrogens (tertiary/aromatic N) is 2. The lowest BCUT2D eigenvalue weighted by Gasteiger charge is -2.09. The lowest BCUT2D eigenvalue weighted by molar-refractivity contribution is 0.645. The Bertz CT molecular complexity index is 490. The van der Waals surface area contributed by atoms with Gasteiger partial charge in [0, 0.05) is 36.2 Å². The Morgan fingerprint density at radius 2 is 2.06 bits per heavy atom.